The van der Waals surface area contributed by atoms with E-state index >= 15 is 0 Å². The first-order chi connectivity index (χ1) is 5.40. The monoisotopic (exact) mass is 151 g/mol. The van der Waals surface area contributed by atoms with E-state index in [-0.39, 0.29) is 6.61 Å². The minimum Gasteiger partial charge on any atom is -0.392 e. The Labute approximate surface area is 64.6 Å². The highest BCUT2D eigenvalue weighted by Gasteiger charge is 2.11. The molecule has 1 aliphatic heterocycles. The van der Waals surface area contributed by atoms with Crippen molar-refractivity contribution in [3.8, 4) is 0 Å². The van der Waals surface area contributed by atoms with Crippen LogP contribution in [0, 0.1) is 0 Å². The summed E-state index contributed by atoms with van der Waals surface area (Å²) in [6.45, 7) is 1.30. The van der Waals surface area contributed by atoms with Crippen molar-refractivity contribution >= 4 is 0 Å². The zero-order chi connectivity index (χ0) is 7.68. The normalized spacial score (nSPS) is 15.0. The van der Waals surface area contributed by atoms with Gasteiger partial charge in [0.05, 0.1) is 25.5 Å². The number of aromatic nitrogens is 1. The molecule has 58 valence electrons. The van der Waals surface area contributed by atoms with Gasteiger partial charge in [-0.1, -0.05) is 0 Å². The molecular formula is C8H9NO2. The topological polar surface area (TPSA) is 42.4 Å². The van der Waals surface area contributed by atoms with Crippen LogP contribution in [0.25, 0.3) is 0 Å². The standard InChI is InChI=1S/C8H9NO2/c10-3-6-1-7-4-11-5-8(7)9-2-6/h1-2,10H,3-5H2. The van der Waals surface area contributed by atoms with Crippen molar-refractivity contribution in [3.63, 3.8) is 0 Å². The molecule has 3 heteroatoms. The lowest BCUT2D eigenvalue weighted by atomic mass is 10.2. The first kappa shape index (κ1) is 6.76. The Kier molecular flexibility index (Phi) is 1.60. The SMILES string of the molecule is OCc1cnc2c(c1)COC2. The Morgan fingerprint density at radius 2 is 2.45 bits per heavy atom. The molecule has 1 N–H and O–H groups in total. The molecule has 0 spiro atoms. The van der Waals surface area contributed by atoms with E-state index in [1.807, 2.05) is 6.07 Å². The Hall–Kier alpha value is -0.930. The van der Waals surface area contributed by atoms with Gasteiger partial charge in [-0.25, -0.2) is 0 Å². The van der Waals surface area contributed by atoms with Gasteiger partial charge in [0.1, 0.15) is 0 Å². The van der Waals surface area contributed by atoms with Crippen LogP contribution in [-0.2, 0) is 24.6 Å². The lowest BCUT2D eigenvalue weighted by Crippen LogP contribution is -1.91. The molecule has 1 aromatic heterocycles. The van der Waals surface area contributed by atoms with Crippen molar-refractivity contribution in [2.24, 2.45) is 0 Å². The summed E-state index contributed by atoms with van der Waals surface area (Å²) in [7, 11) is 0. The molecule has 3 nitrogen and oxygen atoms in total. The van der Waals surface area contributed by atoms with E-state index in [0.717, 1.165) is 16.8 Å². The van der Waals surface area contributed by atoms with E-state index in [0.29, 0.717) is 13.2 Å². The van der Waals surface area contributed by atoms with E-state index in [1.165, 1.54) is 0 Å². The van der Waals surface area contributed by atoms with Gasteiger partial charge in [0.2, 0.25) is 0 Å². The summed E-state index contributed by atoms with van der Waals surface area (Å²) in [6.07, 6.45) is 1.69. The van der Waals surface area contributed by atoms with Crippen molar-refractivity contribution in [1.29, 1.82) is 0 Å². The first-order valence-electron chi connectivity index (χ1n) is 3.55. The fraction of sp³-hybridized carbons (Fsp3) is 0.375. The van der Waals surface area contributed by atoms with Crippen LogP contribution in [0.2, 0.25) is 0 Å². The molecule has 2 rings (SSSR count). The molecule has 11 heavy (non-hydrogen) atoms. The Bertz CT molecular complexity index is 273. The molecule has 0 fully saturated rings. The minimum absolute atomic E-state index is 0.0558. The van der Waals surface area contributed by atoms with E-state index in [4.69, 9.17) is 9.84 Å². The molecule has 0 aliphatic carbocycles. The predicted molar refractivity (Wildman–Crippen MR) is 38.7 cm³/mol. The maximum Gasteiger partial charge on any atom is 0.0896 e. The number of ether oxygens (including phenoxy) is 1. The number of aliphatic hydroxyl groups is 1. The maximum absolute atomic E-state index is 8.79. The molecule has 0 bridgehead atoms. The Balaban J connectivity index is 2.41. The second kappa shape index (κ2) is 2.60. The van der Waals surface area contributed by atoms with Gasteiger partial charge in [-0.3, -0.25) is 4.98 Å². The number of pyridine rings is 1. The predicted octanol–water partition coefficient (Wildman–Crippen LogP) is 0.604. The summed E-state index contributed by atoms with van der Waals surface area (Å²) in [5, 5.41) is 8.79. The van der Waals surface area contributed by atoms with Gasteiger partial charge in [0.15, 0.2) is 0 Å². The zero-order valence-corrected chi connectivity index (χ0v) is 6.08. The Morgan fingerprint density at radius 1 is 1.55 bits per heavy atom. The number of rotatable bonds is 1. The lowest BCUT2D eigenvalue weighted by molar-refractivity contribution is 0.133. The van der Waals surface area contributed by atoms with Crippen LogP contribution < -0.4 is 0 Å². The van der Waals surface area contributed by atoms with Gasteiger partial charge >= 0.3 is 0 Å². The number of hydrogen-bond acceptors (Lipinski definition) is 3. The summed E-state index contributed by atoms with van der Waals surface area (Å²) in [5.74, 6) is 0. The van der Waals surface area contributed by atoms with Crippen LogP contribution in [0.1, 0.15) is 16.8 Å². The largest absolute Gasteiger partial charge is 0.392 e. The molecule has 0 saturated heterocycles. The summed E-state index contributed by atoms with van der Waals surface area (Å²) in [6, 6.07) is 1.94. The molecule has 0 unspecified atom stereocenters. The van der Waals surface area contributed by atoms with E-state index in [1.54, 1.807) is 6.20 Å². The van der Waals surface area contributed by atoms with Crippen LogP contribution in [0.3, 0.4) is 0 Å². The molecular weight excluding hydrogens is 142 g/mol. The van der Waals surface area contributed by atoms with Crippen LogP contribution in [0.5, 0.6) is 0 Å². The fourth-order valence-corrected chi connectivity index (χ4v) is 1.19. The number of nitrogens with zero attached hydrogens (tertiary/aromatic N) is 1. The van der Waals surface area contributed by atoms with Gasteiger partial charge < -0.3 is 9.84 Å². The summed E-state index contributed by atoms with van der Waals surface area (Å²) < 4.78 is 5.17. The van der Waals surface area contributed by atoms with E-state index in [2.05, 4.69) is 4.98 Å². The smallest absolute Gasteiger partial charge is 0.0896 e. The number of fused-ring (bicyclic) bond motifs is 1. The molecule has 0 amide bonds. The fourth-order valence-electron chi connectivity index (χ4n) is 1.19. The molecule has 2 heterocycles. The maximum atomic E-state index is 8.79. The third kappa shape index (κ3) is 1.13. The van der Waals surface area contributed by atoms with Crippen LogP contribution in [-0.4, -0.2) is 10.1 Å². The molecule has 0 saturated carbocycles. The molecule has 0 atom stereocenters. The molecule has 0 aromatic carbocycles. The van der Waals surface area contributed by atoms with E-state index in [9.17, 15) is 0 Å². The summed E-state index contributed by atoms with van der Waals surface area (Å²) in [5.41, 5.74) is 2.97. The average molecular weight is 151 g/mol. The highest BCUT2D eigenvalue weighted by atomic mass is 16.5. The average Bonchev–Trinajstić information content (AvgIpc) is 2.50. The minimum atomic E-state index is 0.0558. The highest BCUT2D eigenvalue weighted by Crippen LogP contribution is 2.17. The van der Waals surface area contributed by atoms with Crippen LogP contribution in [0.15, 0.2) is 12.3 Å². The highest BCUT2D eigenvalue weighted by molar-refractivity contribution is 5.25. The molecule has 0 radical (unpaired) electrons. The van der Waals surface area contributed by atoms with Crippen LogP contribution >= 0.6 is 0 Å². The zero-order valence-electron chi connectivity index (χ0n) is 6.08. The van der Waals surface area contributed by atoms with Crippen molar-refractivity contribution in [1.82, 2.24) is 4.98 Å². The van der Waals surface area contributed by atoms with Gasteiger partial charge in [-0.05, 0) is 11.6 Å². The first-order valence-corrected chi connectivity index (χ1v) is 3.55. The third-order valence-corrected chi connectivity index (χ3v) is 1.80. The van der Waals surface area contributed by atoms with E-state index < -0.39 is 0 Å². The van der Waals surface area contributed by atoms with Crippen molar-refractivity contribution < 1.29 is 9.84 Å². The second-order valence-corrected chi connectivity index (χ2v) is 2.60. The lowest BCUT2D eigenvalue weighted by Gasteiger charge is -1.97. The Morgan fingerprint density at radius 3 is 3.27 bits per heavy atom. The quantitative estimate of drug-likeness (QED) is 0.639. The molecule has 1 aromatic rings. The number of hydrogen-bond donors (Lipinski definition) is 1. The van der Waals surface area contributed by atoms with Crippen LogP contribution in [0.4, 0.5) is 0 Å². The van der Waals surface area contributed by atoms with Crippen molar-refractivity contribution in [3.05, 3.63) is 29.1 Å². The second-order valence-electron chi connectivity index (χ2n) is 2.60. The van der Waals surface area contributed by atoms with Gasteiger partial charge in [0.25, 0.3) is 0 Å². The van der Waals surface area contributed by atoms with Gasteiger partial charge in [-0.2, -0.15) is 0 Å². The van der Waals surface area contributed by atoms with Crippen molar-refractivity contribution in [2.45, 2.75) is 19.8 Å². The summed E-state index contributed by atoms with van der Waals surface area (Å²) >= 11 is 0. The van der Waals surface area contributed by atoms with Gasteiger partial charge in [-0.15, -0.1) is 0 Å². The van der Waals surface area contributed by atoms with Crippen molar-refractivity contribution in [2.75, 3.05) is 0 Å². The molecule has 1 aliphatic rings. The third-order valence-electron chi connectivity index (χ3n) is 1.80. The summed E-state index contributed by atoms with van der Waals surface area (Å²) in [4.78, 5) is 4.15. The van der Waals surface area contributed by atoms with Gasteiger partial charge in [0, 0.05) is 11.8 Å². The number of aliphatic hydroxyl groups excluding tert-OH is 1.